The quantitative estimate of drug-likeness (QED) is 0.786. The molecule has 0 aromatic heterocycles. The van der Waals surface area contributed by atoms with Gasteiger partial charge in [0.05, 0.1) is 14.2 Å². The number of hydrogen-bond donors (Lipinski definition) is 0. The summed E-state index contributed by atoms with van der Waals surface area (Å²) >= 11 is 3.46. The molecule has 0 aliphatic rings. The molecule has 18 heavy (non-hydrogen) atoms. The molecule has 0 saturated carbocycles. The fourth-order valence-electron chi connectivity index (χ4n) is 1.98. The van der Waals surface area contributed by atoms with E-state index < -0.39 is 0 Å². The van der Waals surface area contributed by atoms with Gasteiger partial charge in [0.1, 0.15) is 0 Å². The monoisotopic (exact) mass is 306 g/mol. The molecule has 0 bridgehead atoms. The van der Waals surface area contributed by atoms with E-state index in [-0.39, 0.29) is 0 Å². The minimum absolute atomic E-state index is 0.738. The molecule has 0 aliphatic heterocycles. The highest BCUT2D eigenvalue weighted by Gasteiger charge is 2.15. The smallest absolute Gasteiger partial charge is 0.168 e. The zero-order valence-corrected chi connectivity index (χ0v) is 12.0. The average molecular weight is 307 g/mol. The maximum absolute atomic E-state index is 5.52. The van der Waals surface area contributed by atoms with E-state index in [1.165, 1.54) is 0 Å². The predicted molar refractivity (Wildman–Crippen MR) is 77.6 cm³/mol. The fourth-order valence-corrected chi connectivity index (χ4v) is 2.42. The number of halogens is 1. The van der Waals surface area contributed by atoms with Crippen molar-refractivity contribution in [1.82, 2.24) is 0 Å². The second-order valence-corrected chi connectivity index (χ2v) is 4.40. The van der Waals surface area contributed by atoms with Crippen molar-refractivity contribution in [2.45, 2.75) is 5.33 Å². The van der Waals surface area contributed by atoms with Crippen LogP contribution in [-0.2, 0) is 5.33 Å². The first-order chi connectivity index (χ1) is 8.81. The average Bonchev–Trinajstić information content (AvgIpc) is 2.46. The van der Waals surface area contributed by atoms with Crippen LogP contribution >= 0.6 is 15.9 Å². The van der Waals surface area contributed by atoms with Gasteiger partial charge in [0, 0.05) is 16.5 Å². The first-order valence-corrected chi connectivity index (χ1v) is 6.79. The van der Waals surface area contributed by atoms with Crippen LogP contribution in [0.1, 0.15) is 5.56 Å². The molecule has 0 heterocycles. The summed E-state index contributed by atoms with van der Waals surface area (Å²) in [6.45, 7) is 0. The van der Waals surface area contributed by atoms with Crippen LogP contribution < -0.4 is 9.47 Å². The highest BCUT2D eigenvalue weighted by Crippen LogP contribution is 2.41. The van der Waals surface area contributed by atoms with Crippen molar-refractivity contribution >= 4 is 15.9 Å². The van der Waals surface area contributed by atoms with E-state index in [2.05, 4.69) is 40.2 Å². The van der Waals surface area contributed by atoms with Crippen LogP contribution in [0.15, 0.2) is 42.5 Å². The Morgan fingerprint density at radius 1 is 0.889 bits per heavy atom. The van der Waals surface area contributed by atoms with Gasteiger partial charge in [-0.1, -0.05) is 58.4 Å². The van der Waals surface area contributed by atoms with Crippen molar-refractivity contribution in [3.8, 4) is 22.6 Å². The Kier molecular flexibility index (Phi) is 4.26. The SMILES string of the molecule is COc1c(CBr)ccc(-c2ccccc2)c1OC. The third-order valence-corrected chi connectivity index (χ3v) is 3.43. The summed E-state index contributed by atoms with van der Waals surface area (Å²) in [4.78, 5) is 0. The van der Waals surface area contributed by atoms with Crippen LogP contribution in [0.4, 0.5) is 0 Å². The first-order valence-electron chi connectivity index (χ1n) is 5.67. The van der Waals surface area contributed by atoms with E-state index in [0.29, 0.717) is 0 Å². The molecule has 0 fully saturated rings. The van der Waals surface area contributed by atoms with Crippen molar-refractivity contribution in [2.24, 2.45) is 0 Å². The standard InChI is InChI=1S/C15H15BrO2/c1-17-14-12(10-16)8-9-13(15(14)18-2)11-6-4-3-5-7-11/h3-9H,10H2,1-2H3. The third-order valence-electron chi connectivity index (χ3n) is 2.83. The number of hydrogen-bond acceptors (Lipinski definition) is 2. The molecule has 0 spiro atoms. The van der Waals surface area contributed by atoms with Crippen molar-refractivity contribution in [3.05, 3.63) is 48.0 Å². The van der Waals surface area contributed by atoms with Gasteiger partial charge in [0.2, 0.25) is 0 Å². The molecule has 0 radical (unpaired) electrons. The lowest BCUT2D eigenvalue weighted by atomic mass is 10.0. The topological polar surface area (TPSA) is 18.5 Å². The summed E-state index contributed by atoms with van der Waals surface area (Å²) < 4.78 is 11.0. The van der Waals surface area contributed by atoms with Gasteiger partial charge in [0.15, 0.2) is 11.5 Å². The molecule has 2 rings (SSSR count). The summed E-state index contributed by atoms with van der Waals surface area (Å²) in [6.07, 6.45) is 0. The van der Waals surface area contributed by atoms with Gasteiger partial charge in [-0.05, 0) is 5.56 Å². The van der Waals surface area contributed by atoms with Gasteiger partial charge in [-0.15, -0.1) is 0 Å². The van der Waals surface area contributed by atoms with E-state index in [4.69, 9.17) is 9.47 Å². The zero-order chi connectivity index (χ0) is 13.0. The first kappa shape index (κ1) is 13.0. The Morgan fingerprint density at radius 2 is 1.56 bits per heavy atom. The van der Waals surface area contributed by atoms with Crippen LogP contribution in [0, 0.1) is 0 Å². The Labute approximate surface area is 116 Å². The molecule has 0 N–H and O–H groups in total. The lowest BCUT2D eigenvalue weighted by Crippen LogP contribution is -1.97. The van der Waals surface area contributed by atoms with Gasteiger partial charge < -0.3 is 9.47 Å². The number of benzene rings is 2. The predicted octanol–water partition coefficient (Wildman–Crippen LogP) is 4.27. The second-order valence-electron chi connectivity index (χ2n) is 3.84. The zero-order valence-electron chi connectivity index (χ0n) is 10.4. The molecule has 3 heteroatoms. The minimum Gasteiger partial charge on any atom is -0.493 e. The van der Waals surface area contributed by atoms with Gasteiger partial charge in [-0.3, -0.25) is 0 Å². The van der Waals surface area contributed by atoms with E-state index in [1.807, 2.05) is 18.2 Å². The maximum atomic E-state index is 5.52. The van der Waals surface area contributed by atoms with Gasteiger partial charge in [-0.25, -0.2) is 0 Å². The Bertz CT molecular complexity index is 524. The molecule has 0 atom stereocenters. The molecule has 0 saturated heterocycles. The molecule has 94 valence electrons. The van der Waals surface area contributed by atoms with Crippen molar-refractivity contribution in [2.75, 3.05) is 14.2 Å². The fraction of sp³-hybridized carbons (Fsp3) is 0.200. The highest BCUT2D eigenvalue weighted by atomic mass is 79.9. The summed E-state index contributed by atoms with van der Waals surface area (Å²) in [5.41, 5.74) is 3.24. The number of rotatable bonds is 4. The molecule has 2 nitrogen and oxygen atoms in total. The van der Waals surface area contributed by atoms with Crippen LogP contribution in [0.25, 0.3) is 11.1 Å². The molecule has 0 aliphatic carbocycles. The number of alkyl halides is 1. The molecule has 0 amide bonds. The normalized spacial score (nSPS) is 10.2. The maximum Gasteiger partial charge on any atom is 0.168 e. The Hall–Kier alpha value is -1.48. The van der Waals surface area contributed by atoms with Crippen molar-refractivity contribution in [1.29, 1.82) is 0 Å². The minimum atomic E-state index is 0.738. The molecular formula is C15H15BrO2. The molecule has 0 unspecified atom stereocenters. The number of methoxy groups -OCH3 is 2. The van der Waals surface area contributed by atoms with Crippen LogP contribution in [0.5, 0.6) is 11.5 Å². The summed E-state index contributed by atoms with van der Waals surface area (Å²) in [5.74, 6) is 1.57. The van der Waals surface area contributed by atoms with E-state index >= 15 is 0 Å². The molecule has 2 aromatic rings. The van der Waals surface area contributed by atoms with E-state index in [1.54, 1.807) is 14.2 Å². The van der Waals surface area contributed by atoms with Crippen LogP contribution in [-0.4, -0.2) is 14.2 Å². The largest absolute Gasteiger partial charge is 0.493 e. The highest BCUT2D eigenvalue weighted by molar-refractivity contribution is 9.08. The van der Waals surface area contributed by atoms with Gasteiger partial charge in [0.25, 0.3) is 0 Å². The van der Waals surface area contributed by atoms with E-state index in [0.717, 1.165) is 33.5 Å². The molecular weight excluding hydrogens is 292 g/mol. The molecule has 2 aromatic carbocycles. The van der Waals surface area contributed by atoms with Crippen molar-refractivity contribution in [3.63, 3.8) is 0 Å². The van der Waals surface area contributed by atoms with E-state index in [9.17, 15) is 0 Å². The van der Waals surface area contributed by atoms with Crippen LogP contribution in [0.3, 0.4) is 0 Å². The Morgan fingerprint density at radius 3 is 2.11 bits per heavy atom. The summed E-state index contributed by atoms with van der Waals surface area (Å²) in [6, 6.07) is 14.3. The lowest BCUT2D eigenvalue weighted by Gasteiger charge is -2.15. The second kappa shape index (κ2) is 5.91. The summed E-state index contributed by atoms with van der Waals surface area (Å²) in [7, 11) is 3.33. The van der Waals surface area contributed by atoms with Gasteiger partial charge in [-0.2, -0.15) is 0 Å². The van der Waals surface area contributed by atoms with Gasteiger partial charge >= 0.3 is 0 Å². The lowest BCUT2D eigenvalue weighted by molar-refractivity contribution is 0.354. The Balaban J connectivity index is 2.62. The van der Waals surface area contributed by atoms with Crippen LogP contribution in [0.2, 0.25) is 0 Å². The third kappa shape index (κ3) is 2.36. The summed E-state index contributed by atoms with van der Waals surface area (Å²) in [5, 5.41) is 0.738. The number of ether oxygens (including phenoxy) is 2. The van der Waals surface area contributed by atoms with Crippen molar-refractivity contribution < 1.29 is 9.47 Å².